The molecule has 346 valence electrons. The largest absolute Gasteiger partial charge is 0.394 e. The average molecular weight is 842 g/mol. The minimum Gasteiger partial charge on any atom is -0.394 e. The van der Waals surface area contributed by atoms with Crippen LogP contribution in [0.25, 0.3) is 0 Å². The summed E-state index contributed by atoms with van der Waals surface area (Å²) >= 11 is 0. The van der Waals surface area contributed by atoms with Crippen LogP contribution in [0.3, 0.4) is 0 Å². The Bertz CT molecular complexity index is 1200. The lowest BCUT2D eigenvalue weighted by molar-refractivity contribution is -0.231. The molecule has 0 unspecified atom stereocenters. The summed E-state index contributed by atoms with van der Waals surface area (Å²) in [5.41, 5.74) is 7.23. The van der Waals surface area contributed by atoms with E-state index in [9.17, 15) is 24.9 Å². The van der Waals surface area contributed by atoms with Gasteiger partial charge in [-0.25, -0.2) is 0 Å². The van der Waals surface area contributed by atoms with Gasteiger partial charge in [-0.2, -0.15) is 0 Å². The first-order valence-electron chi connectivity index (χ1n) is 25.0. The minimum absolute atomic E-state index is 0.105. The third-order valence-electron chi connectivity index (χ3n) is 12.4. The van der Waals surface area contributed by atoms with Crippen molar-refractivity contribution >= 4 is 11.8 Å². The Morgan fingerprint density at radius 3 is 1.60 bits per heavy atom. The number of hydrogen-bond donors (Lipinski definition) is 5. The summed E-state index contributed by atoms with van der Waals surface area (Å²) in [7, 11) is 0. The fraction of sp³-hybridized carbons (Fsp3) is 0.804. The highest BCUT2D eigenvalue weighted by atomic mass is 16.5. The standard InChI is InChI=1S/C51H91N3O6/c1-3-5-7-9-11-13-15-17-19-21-23-25-27-29-31-36-40-54(46(56)39-35-30-28-26-24-22-20-18-16-14-12-10-8-6-4-2)51-47(49(58)48(57)45(42-55)60-51)53-50(59)44(52)41-43-37-33-32-34-38-43/h18,20,32-34,37-38,44-45,47-49,51,55,57-58H,3-17,19,21-31,35-36,39-42,52H2,1-2H3,(H,53,59)/b20-18+/t44-,45+,47+,48+,49+,51+/m0/s1. The van der Waals surface area contributed by atoms with E-state index in [-0.39, 0.29) is 5.91 Å². The van der Waals surface area contributed by atoms with Crippen molar-refractivity contribution in [2.75, 3.05) is 13.2 Å². The molecule has 9 heteroatoms. The van der Waals surface area contributed by atoms with E-state index >= 15 is 0 Å². The van der Waals surface area contributed by atoms with E-state index in [1.54, 1.807) is 4.90 Å². The number of hydrogen-bond acceptors (Lipinski definition) is 7. The minimum atomic E-state index is -1.46. The number of unbranched alkanes of at least 4 members (excludes halogenated alkanes) is 26. The lowest BCUT2D eigenvalue weighted by atomic mass is 9.94. The molecule has 0 radical (unpaired) electrons. The Kier molecular flexibility index (Phi) is 32.5. The van der Waals surface area contributed by atoms with Crippen LogP contribution in [0.5, 0.6) is 0 Å². The van der Waals surface area contributed by atoms with E-state index < -0.39 is 49.1 Å². The number of allylic oxidation sites excluding steroid dienone is 2. The van der Waals surface area contributed by atoms with Crippen molar-refractivity contribution in [2.24, 2.45) is 5.73 Å². The van der Waals surface area contributed by atoms with E-state index in [1.165, 1.54) is 122 Å². The molecule has 2 rings (SSSR count). The van der Waals surface area contributed by atoms with Crippen molar-refractivity contribution in [3.63, 3.8) is 0 Å². The van der Waals surface area contributed by atoms with Gasteiger partial charge in [0.1, 0.15) is 24.4 Å². The third kappa shape index (κ3) is 24.4. The van der Waals surface area contributed by atoms with Gasteiger partial charge in [0.15, 0.2) is 6.23 Å². The smallest absolute Gasteiger partial charge is 0.237 e. The number of nitrogens with one attached hydrogen (secondary N) is 1. The fourth-order valence-electron chi connectivity index (χ4n) is 8.47. The summed E-state index contributed by atoms with van der Waals surface area (Å²) in [6.07, 6.45) is 35.5. The summed E-state index contributed by atoms with van der Waals surface area (Å²) in [4.78, 5) is 29.2. The van der Waals surface area contributed by atoms with Gasteiger partial charge < -0.3 is 36.0 Å². The summed E-state index contributed by atoms with van der Waals surface area (Å²) in [5, 5.41) is 35.2. The number of rotatable bonds is 38. The lowest BCUT2D eigenvalue weighted by Crippen LogP contribution is -2.69. The van der Waals surface area contributed by atoms with Crippen LogP contribution in [0.1, 0.15) is 212 Å². The zero-order chi connectivity index (χ0) is 43.5. The summed E-state index contributed by atoms with van der Waals surface area (Å²) in [5.74, 6) is -0.607. The van der Waals surface area contributed by atoms with Crippen molar-refractivity contribution in [1.82, 2.24) is 10.2 Å². The zero-order valence-corrected chi connectivity index (χ0v) is 38.4. The Morgan fingerprint density at radius 1 is 0.667 bits per heavy atom. The highest BCUT2D eigenvalue weighted by Crippen LogP contribution is 2.26. The van der Waals surface area contributed by atoms with Gasteiger partial charge in [-0.05, 0) is 50.5 Å². The molecule has 1 aromatic rings. The molecule has 2 amide bonds. The molecule has 0 spiro atoms. The first-order chi connectivity index (χ1) is 29.3. The number of aliphatic hydroxyl groups is 3. The van der Waals surface area contributed by atoms with E-state index in [0.29, 0.717) is 19.4 Å². The van der Waals surface area contributed by atoms with Crippen LogP contribution in [0.4, 0.5) is 0 Å². The third-order valence-corrected chi connectivity index (χ3v) is 12.4. The van der Waals surface area contributed by atoms with Gasteiger partial charge >= 0.3 is 0 Å². The number of carbonyl (C=O) groups is 2. The molecule has 1 saturated heterocycles. The van der Waals surface area contributed by atoms with E-state index in [0.717, 1.165) is 69.8 Å². The van der Waals surface area contributed by atoms with Crippen LogP contribution in [-0.2, 0) is 20.7 Å². The summed E-state index contributed by atoms with van der Waals surface area (Å²) < 4.78 is 6.20. The molecule has 0 saturated carbocycles. The van der Waals surface area contributed by atoms with Crippen LogP contribution < -0.4 is 11.1 Å². The first-order valence-corrected chi connectivity index (χ1v) is 25.0. The Hall–Kier alpha value is -2.30. The van der Waals surface area contributed by atoms with Gasteiger partial charge in [-0.15, -0.1) is 0 Å². The highest BCUT2D eigenvalue weighted by Gasteiger charge is 2.48. The maximum atomic E-state index is 14.1. The molecule has 6 N–H and O–H groups in total. The number of nitrogens with zero attached hydrogens (tertiary/aromatic N) is 1. The Balaban J connectivity index is 1.90. The quantitative estimate of drug-likeness (QED) is 0.0329. The van der Waals surface area contributed by atoms with E-state index in [2.05, 4.69) is 31.3 Å². The molecule has 0 aromatic heterocycles. The fourth-order valence-corrected chi connectivity index (χ4v) is 8.47. The van der Waals surface area contributed by atoms with E-state index in [4.69, 9.17) is 10.5 Å². The van der Waals surface area contributed by atoms with Crippen LogP contribution in [-0.4, -0.2) is 81.8 Å². The molecular weight excluding hydrogens is 751 g/mol. The number of carbonyl (C=O) groups excluding carboxylic acids is 2. The van der Waals surface area contributed by atoms with Gasteiger partial charge in [0.05, 0.1) is 12.6 Å². The van der Waals surface area contributed by atoms with Crippen LogP contribution in [0, 0.1) is 0 Å². The maximum absolute atomic E-state index is 14.1. The van der Waals surface area contributed by atoms with Crippen LogP contribution in [0.2, 0.25) is 0 Å². The predicted molar refractivity (Wildman–Crippen MR) is 249 cm³/mol. The molecule has 60 heavy (non-hydrogen) atoms. The highest BCUT2D eigenvalue weighted by molar-refractivity contribution is 5.82. The van der Waals surface area contributed by atoms with Gasteiger partial charge in [-0.3, -0.25) is 9.59 Å². The molecule has 9 nitrogen and oxygen atoms in total. The molecule has 1 aromatic carbocycles. The topological polar surface area (TPSA) is 145 Å². The second-order valence-corrected chi connectivity index (χ2v) is 17.8. The SMILES string of the molecule is CCCCCCCC/C=C/CCCCCCCC(=O)N(CCCCCCCCCCCCCCCCCC)[C@@H]1O[C@H](CO)[C@@H](O)[C@H](O)[C@H]1NC(=O)[C@@H](N)Cc1ccccc1. The molecule has 0 bridgehead atoms. The number of aliphatic hydroxyl groups excluding tert-OH is 3. The Morgan fingerprint density at radius 2 is 1.12 bits per heavy atom. The first kappa shape index (κ1) is 53.8. The number of nitrogens with two attached hydrogens (primary N) is 1. The van der Waals surface area contributed by atoms with Gasteiger partial charge in [0.2, 0.25) is 11.8 Å². The summed E-state index contributed by atoms with van der Waals surface area (Å²) in [6, 6.07) is 7.45. The second-order valence-electron chi connectivity index (χ2n) is 17.8. The van der Waals surface area contributed by atoms with Crippen molar-refractivity contribution in [3.8, 4) is 0 Å². The maximum Gasteiger partial charge on any atom is 0.237 e. The Labute approximate surface area is 367 Å². The molecule has 6 atom stereocenters. The van der Waals surface area contributed by atoms with Crippen molar-refractivity contribution in [1.29, 1.82) is 0 Å². The normalized spacial score (nSPS) is 19.8. The number of ether oxygens (including phenoxy) is 1. The monoisotopic (exact) mass is 842 g/mol. The molecule has 1 fully saturated rings. The van der Waals surface area contributed by atoms with Gasteiger partial charge in [0.25, 0.3) is 0 Å². The van der Waals surface area contributed by atoms with Crippen LogP contribution >= 0.6 is 0 Å². The van der Waals surface area contributed by atoms with Crippen LogP contribution in [0.15, 0.2) is 42.5 Å². The second kappa shape index (κ2) is 36.2. The number of benzene rings is 1. The molecule has 1 aliphatic heterocycles. The molecule has 0 aliphatic carbocycles. The summed E-state index contributed by atoms with van der Waals surface area (Å²) in [6.45, 7) is 4.39. The van der Waals surface area contributed by atoms with Gasteiger partial charge in [-0.1, -0.05) is 204 Å². The van der Waals surface area contributed by atoms with Crippen molar-refractivity contribution in [3.05, 3.63) is 48.0 Å². The molecule has 1 aliphatic rings. The average Bonchev–Trinajstić information content (AvgIpc) is 3.25. The molecular formula is C51H91N3O6. The van der Waals surface area contributed by atoms with Gasteiger partial charge in [0, 0.05) is 13.0 Å². The predicted octanol–water partition coefficient (Wildman–Crippen LogP) is 10.6. The number of amides is 2. The van der Waals surface area contributed by atoms with Crippen molar-refractivity contribution < 1.29 is 29.6 Å². The van der Waals surface area contributed by atoms with E-state index in [1.807, 2.05) is 30.3 Å². The lowest BCUT2D eigenvalue weighted by Gasteiger charge is -2.47. The molecule has 1 heterocycles. The van der Waals surface area contributed by atoms with Crippen molar-refractivity contribution in [2.45, 2.75) is 250 Å². The zero-order valence-electron chi connectivity index (χ0n) is 38.4.